The van der Waals surface area contributed by atoms with Crippen molar-refractivity contribution in [2.24, 2.45) is 0 Å². The number of carbonyl (C=O) groups is 1. The van der Waals surface area contributed by atoms with Crippen LogP contribution in [0.3, 0.4) is 0 Å². The van der Waals surface area contributed by atoms with Gasteiger partial charge < -0.3 is 15.4 Å². The molecule has 0 aliphatic carbocycles. The van der Waals surface area contributed by atoms with Crippen molar-refractivity contribution in [2.75, 3.05) is 10.6 Å². The van der Waals surface area contributed by atoms with E-state index in [2.05, 4.69) is 20.6 Å². The maximum atomic E-state index is 12.6. The number of ether oxygens (including phenoxy) is 1. The molecule has 3 rings (SSSR count). The van der Waals surface area contributed by atoms with Gasteiger partial charge in [-0.25, -0.2) is 9.97 Å². The Labute approximate surface area is 168 Å². The lowest BCUT2D eigenvalue weighted by Crippen LogP contribution is -2.15. The molecule has 0 saturated carbocycles. The summed E-state index contributed by atoms with van der Waals surface area (Å²) in [4.78, 5) is 21.1. The van der Waals surface area contributed by atoms with Crippen LogP contribution in [0.4, 0.5) is 17.3 Å². The predicted octanol–water partition coefficient (Wildman–Crippen LogP) is 5.22. The minimum Gasteiger partial charge on any atom is -0.489 e. The van der Waals surface area contributed by atoms with E-state index in [0.29, 0.717) is 22.4 Å². The molecule has 1 heterocycles. The zero-order chi connectivity index (χ0) is 20.1. The molecule has 0 atom stereocenters. The quantitative estimate of drug-likeness (QED) is 0.597. The molecule has 0 aliphatic rings. The number of para-hydroxylation sites is 2. The first-order chi connectivity index (χ1) is 13.4. The Morgan fingerprint density at radius 2 is 1.82 bits per heavy atom. The van der Waals surface area contributed by atoms with Gasteiger partial charge in [0.1, 0.15) is 11.4 Å². The maximum absolute atomic E-state index is 12.6. The van der Waals surface area contributed by atoms with Gasteiger partial charge in [-0.1, -0.05) is 29.8 Å². The highest BCUT2D eigenvalue weighted by atomic mass is 35.5. The average molecular weight is 397 g/mol. The van der Waals surface area contributed by atoms with Gasteiger partial charge in [0, 0.05) is 16.9 Å². The SMILES string of the molecule is Cc1c(Cl)cccc1NC(=O)c1ccnc(Nc2ccccc2OC(C)C)n1. The Bertz CT molecular complexity index is 992. The lowest BCUT2D eigenvalue weighted by atomic mass is 10.2. The van der Waals surface area contributed by atoms with Crippen molar-refractivity contribution in [3.8, 4) is 5.75 Å². The van der Waals surface area contributed by atoms with Crippen LogP contribution in [-0.2, 0) is 0 Å². The fourth-order valence-electron chi connectivity index (χ4n) is 2.52. The van der Waals surface area contributed by atoms with Crippen LogP contribution < -0.4 is 15.4 Å². The molecule has 6 nitrogen and oxygen atoms in total. The van der Waals surface area contributed by atoms with Crippen LogP contribution >= 0.6 is 11.6 Å². The third-order valence-electron chi connectivity index (χ3n) is 3.90. The molecule has 144 valence electrons. The van der Waals surface area contributed by atoms with Gasteiger partial charge in [-0.05, 0) is 56.7 Å². The summed E-state index contributed by atoms with van der Waals surface area (Å²) in [5.41, 5.74) is 2.39. The van der Waals surface area contributed by atoms with Crippen molar-refractivity contribution in [2.45, 2.75) is 26.9 Å². The van der Waals surface area contributed by atoms with Crippen LogP contribution in [0.1, 0.15) is 29.9 Å². The summed E-state index contributed by atoms with van der Waals surface area (Å²) in [6, 6.07) is 14.4. The molecule has 1 amide bonds. The molecule has 1 aromatic heterocycles. The second kappa shape index (κ2) is 8.71. The number of halogens is 1. The van der Waals surface area contributed by atoms with E-state index < -0.39 is 0 Å². The van der Waals surface area contributed by atoms with E-state index >= 15 is 0 Å². The van der Waals surface area contributed by atoms with E-state index in [4.69, 9.17) is 16.3 Å². The Hall–Kier alpha value is -3.12. The minimum absolute atomic E-state index is 0.0296. The summed E-state index contributed by atoms with van der Waals surface area (Å²) in [6.07, 6.45) is 1.56. The highest BCUT2D eigenvalue weighted by Gasteiger charge is 2.13. The van der Waals surface area contributed by atoms with Crippen molar-refractivity contribution in [3.05, 3.63) is 71.0 Å². The third kappa shape index (κ3) is 4.78. The molecule has 28 heavy (non-hydrogen) atoms. The molecule has 0 aliphatic heterocycles. The number of carbonyl (C=O) groups excluding carboxylic acids is 1. The molecule has 0 spiro atoms. The highest BCUT2D eigenvalue weighted by Crippen LogP contribution is 2.27. The Morgan fingerprint density at radius 3 is 2.61 bits per heavy atom. The summed E-state index contributed by atoms with van der Waals surface area (Å²) in [6.45, 7) is 5.75. The number of aromatic nitrogens is 2. The number of amides is 1. The smallest absolute Gasteiger partial charge is 0.274 e. The first-order valence-electron chi connectivity index (χ1n) is 8.86. The van der Waals surface area contributed by atoms with Crippen molar-refractivity contribution in [1.82, 2.24) is 9.97 Å². The zero-order valence-electron chi connectivity index (χ0n) is 15.9. The predicted molar refractivity (Wildman–Crippen MR) is 112 cm³/mol. The van der Waals surface area contributed by atoms with E-state index in [1.165, 1.54) is 6.20 Å². The molecule has 2 aromatic carbocycles. The number of benzene rings is 2. The Morgan fingerprint density at radius 1 is 1.07 bits per heavy atom. The molecule has 3 aromatic rings. The van der Waals surface area contributed by atoms with E-state index in [0.717, 1.165) is 11.3 Å². The molecular formula is C21H21ClN4O2. The van der Waals surface area contributed by atoms with Gasteiger partial charge in [0.2, 0.25) is 5.95 Å². The standard InChI is InChI=1S/C21H21ClN4O2/c1-13(2)28-19-10-5-4-8-17(19)25-21-23-12-11-18(26-21)20(27)24-16-9-6-7-15(22)14(16)3/h4-13H,1-3H3,(H,24,27)(H,23,25,26). The molecule has 0 bridgehead atoms. The van der Waals surface area contributed by atoms with Gasteiger partial charge in [0.25, 0.3) is 5.91 Å². The molecule has 2 N–H and O–H groups in total. The number of anilines is 3. The topological polar surface area (TPSA) is 76.1 Å². The summed E-state index contributed by atoms with van der Waals surface area (Å²) >= 11 is 6.11. The van der Waals surface area contributed by atoms with Gasteiger partial charge in [-0.3, -0.25) is 4.79 Å². The lowest BCUT2D eigenvalue weighted by molar-refractivity contribution is 0.102. The van der Waals surface area contributed by atoms with Gasteiger partial charge in [0.15, 0.2) is 0 Å². The van der Waals surface area contributed by atoms with Crippen molar-refractivity contribution in [1.29, 1.82) is 0 Å². The molecule has 0 unspecified atom stereocenters. The first-order valence-corrected chi connectivity index (χ1v) is 9.24. The van der Waals surface area contributed by atoms with Gasteiger partial charge in [-0.2, -0.15) is 0 Å². The van der Waals surface area contributed by atoms with Crippen LogP contribution in [0, 0.1) is 6.92 Å². The minimum atomic E-state index is -0.345. The van der Waals surface area contributed by atoms with Crippen LogP contribution in [-0.4, -0.2) is 22.0 Å². The molecule has 0 fully saturated rings. The summed E-state index contributed by atoms with van der Waals surface area (Å²) in [5, 5.41) is 6.53. The second-order valence-electron chi connectivity index (χ2n) is 6.42. The molecule has 7 heteroatoms. The maximum Gasteiger partial charge on any atom is 0.274 e. The second-order valence-corrected chi connectivity index (χ2v) is 6.83. The van der Waals surface area contributed by atoms with E-state index in [1.54, 1.807) is 24.3 Å². The van der Waals surface area contributed by atoms with Crippen LogP contribution in [0.25, 0.3) is 0 Å². The van der Waals surface area contributed by atoms with Gasteiger partial charge in [0.05, 0.1) is 11.8 Å². The van der Waals surface area contributed by atoms with Crippen molar-refractivity contribution >= 4 is 34.8 Å². The molecule has 0 saturated heterocycles. The molecular weight excluding hydrogens is 376 g/mol. The monoisotopic (exact) mass is 396 g/mol. The third-order valence-corrected chi connectivity index (χ3v) is 4.31. The van der Waals surface area contributed by atoms with Crippen LogP contribution in [0.2, 0.25) is 5.02 Å². The van der Waals surface area contributed by atoms with E-state index in [-0.39, 0.29) is 17.7 Å². The van der Waals surface area contributed by atoms with Gasteiger partial charge in [-0.15, -0.1) is 0 Å². The highest BCUT2D eigenvalue weighted by molar-refractivity contribution is 6.31. The van der Waals surface area contributed by atoms with Crippen LogP contribution in [0.5, 0.6) is 5.75 Å². The van der Waals surface area contributed by atoms with Crippen molar-refractivity contribution in [3.63, 3.8) is 0 Å². The fraction of sp³-hybridized carbons (Fsp3) is 0.190. The van der Waals surface area contributed by atoms with E-state index in [9.17, 15) is 4.79 Å². The fourth-order valence-corrected chi connectivity index (χ4v) is 2.70. The van der Waals surface area contributed by atoms with Crippen LogP contribution in [0.15, 0.2) is 54.7 Å². The number of rotatable bonds is 6. The lowest BCUT2D eigenvalue weighted by Gasteiger charge is -2.15. The van der Waals surface area contributed by atoms with Crippen molar-refractivity contribution < 1.29 is 9.53 Å². The molecule has 0 radical (unpaired) electrons. The summed E-state index contributed by atoms with van der Waals surface area (Å²) < 4.78 is 5.79. The number of nitrogens with zero attached hydrogens (tertiary/aromatic N) is 2. The van der Waals surface area contributed by atoms with Gasteiger partial charge >= 0.3 is 0 Å². The number of nitrogens with one attached hydrogen (secondary N) is 2. The number of hydrogen-bond acceptors (Lipinski definition) is 5. The van der Waals surface area contributed by atoms with E-state index in [1.807, 2.05) is 45.0 Å². The first kappa shape index (κ1) is 19.6. The Kier molecular flexibility index (Phi) is 6.11. The summed E-state index contributed by atoms with van der Waals surface area (Å²) in [5.74, 6) is 0.642. The zero-order valence-corrected chi connectivity index (χ0v) is 16.6. The number of hydrogen-bond donors (Lipinski definition) is 2. The normalized spacial score (nSPS) is 10.6. The largest absolute Gasteiger partial charge is 0.489 e. The average Bonchev–Trinajstić information content (AvgIpc) is 2.67. The summed E-state index contributed by atoms with van der Waals surface area (Å²) in [7, 11) is 0. The Balaban J connectivity index is 1.79.